The molecule has 2 fully saturated rings. The third kappa shape index (κ3) is 6.73. The summed E-state index contributed by atoms with van der Waals surface area (Å²) in [6, 6.07) is -0.424. The van der Waals surface area contributed by atoms with Crippen LogP contribution in [0.1, 0.15) is 65.7 Å². The Labute approximate surface area is 162 Å². The molecule has 1 saturated heterocycles. The number of nitrogens with one attached hydrogen (secondary N) is 2. The topological polar surface area (TPSA) is 85.9 Å². The Hall–Kier alpha value is -1.18. The van der Waals surface area contributed by atoms with Crippen molar-refractivity contribution in [2.45, 2.75) is 90.1 Å². The fourth-order valence-corrected chi connectivity index (χ4v) is 3.80. The van der Waals surface area contributed by atoms with Gasteiger partial charge in [0.15, 0.2) is 6.10 Å². The molecule has 2 aliphatic rings. The fraction of sp³-hybridized carbons (Fsp3) is 0.900. The Morgan fingerprint density at radius 3 is 2.52 bits per heavy atom. The van der Waals surface area contributed by atoms with Crippen LogP contribution in [0.25, 0.3) is 0 Å². The van der Waals surface area contributed by atoms with Crippen molar-refractivity contribution in [1.29, 1.82) is 0 Å². The van der Waals surface area contributed by atoms with E-state index in [2.05, 4.69) is 24.7 Å². The molecule has 156 valence electrons. The lowest BCUT2D eigenvalue weighted by Gasteiger charge is -2.32. The third-order valence-corrected chi connectivity index (χ3v) is 5.30. The highest BCUT2D eigenvalue weighted by atomic mass is 16.6. The van der Waals surface area contributed by atoms with Gasteiger partial charge in [0.1, 0.15) is 12.1 Å². The zero-order chi connectivity index (χ0) is 19.8. The molecule has 0 spiro atoms. The molecule has 27 heavy (non-hydrogen) atoms. The molecule has 1 aliphatic heterocycles. The Bertz CT molecular complexity index is 479. The van der Waals surface area contributed by atoms with Crippen LogP contribution < -0.4 is 10.9 Å². The summed E-state index contributed by atoms with van der Waals surface area (Å²) in [5.74, 6) is -0.170. The van der Waals surface area contributed by atoms with Crippen LogP contribution in [0.4, 0.5) is 0 Å². The number of esters is 2. The highest BCUT2D eigenvalue weighted by Crippen LogP contribution is 2.28. The molecule has 0 aromatic rings. The number of hydrazine groups is 1. The second-order valence-corrected chi connectivity index (χ2v) is 8.17. The van der Waals surface area contributed by atoms with Gasteiger partial charge in [-0.2, -0.15) is 0 Å². The molecule has 2 N–H and O–H groups in total. The number of ether oxygens (including phenoxy) is 3. The van der Waals surface area contributed by atoms with Crippen LogP contribution in [0, 0.1) is 11.8 Å². The summed E-state index contributed by atoms with van der Waals surface area (Å²) in [5, 5.41) is 0. The first-order valence-corrected chi connectivity index (χ1v) is 10.4. The van der Waals surface area contributed by atoms with Gasteiger partial charge in [-0.05, 0) is 52.0 Å². The van der Waals surface area contributed by atoms with Crippen molar-refractivity contribution in [3.8, 4) is 0 Å². The number of cyclic esters (lactones) is 1. The van der Waals surface area contributed by atoms with E-state index in [0.717, 1.165) is 38.5 Å². The summed E-state index contributed by atoms with van der Waals surface area (Å²) in [7, 11) is 1.73. The van der Waals surface area contributed by atoms with Crippen LogP contribution in [0.5, 0.6) is 0 Å². The lowest BCUT2D eigenvalue weighted by Crippen LogP contribution is -2.47. The normalized spacial score (nSPS) is 30.5. The predicted octanol–water partition coefficient (Wildman–Crippen LogP) is 2.34. The molecule has 0 amide bonds. The third-order valence-electron chi connectivity index (χ3n) is 5.30. The van der Waals surface area contributed by atoms with Crippen molar-refractivity contribution in [2.24, 2.45) is 11.8 Å². The van der Waals surface area contributed by atoms with Gasteiger partial charge in [0.25, 0.3) is 0 Å². The minimum atomic E-state index is -0.575. The van der Waals surface area contributed by atoms with Crippen LogP contribution >= 0.6 is 0 Å². The standard InChI is InChI=1S/C20H36N2O5/c1-13(2)12-25-17-11-7-10-16(22-21-4)20(24)26-14(3)18(17)27-19(23)15-8-5-6-9-15/h13-18,21-22H,5-12H2,1-4H3. The van der Waals surface area contributed by atoms with E-state index in [1.807, 2.05) is 0 Å². The molecule has 1 heterocycles. The SMILES string of the molecule is CNNC1CCCC(OCC(C)C)C(OC(=O)C2CCCC2)C(C)OC1=O. The molecule has 0 aromatic heterocycles. The fourth-order valence-electron chi connectivity index (χ4n) is 3.80. The first-order chi connectivity index (χ1) is 12.9. The van der Waals surface area contributed by atoms with Crippen LogP contribution in [0.3, 0.4) is 0 Å². The van der Waals surface area contributed by atoms with Gasteiger partial charge in [0.2, 0.25) is 0 Å². The van der Waals surface area contributed by atoms with Gasteiger partial charge in [-0.3, -0.25) is 15.0 Å². The monoisotopic (exact) mass is 384 g/mol. The second-order valence-electron chi connectivity index (χ2n) is 8.17. The van der Waals surface area contributed by atoms with Gasteiger partial charge < -0.3 is 14.2 Å². The molecule has 0 bridgehead atoms. The van der Waals surface area contributed by atoms with E-state index in [9.17, 15) is 9.59 Å². The molecule has 4 unspecified atom stereocenters. The first kappa shape index (κ1) is 22.1. The van der Waals surface area contributed by atoms with Gasteiger partial charge in [-0.1, -0.05) is 26.7 Å². The Morgan fingerprint density at radius 2 is 1.89 bits per heavy atom. The summed E-state index contributed by atoms with van der Waals surface area (Å²) in [6.07, 6.45) is 4.63. The van der Waals surface area contributed by atoms with Gasteiger partial charge in [0, 0.05) is 6.61 Å². The number of hydrogen-bond acceptors (Lipinski definition) is 7. The lowest BCUT2D eigenvalue weighted by molar-refractivity contribution is -0.183. The maximum atomic E-state index is 12.6. The van der Waals surface area contributed by atoms with Gasteiger partial charge >= 0.3 is 11.9 Å². The molecular formula is C20H36N2O5. The lowest BCUT2D eigenvalue weighted by atomic mass is 10.0. The summed E-state index contributed by atoms with van der Waals surface area (Å²) in [6.45, 7) is 6.55. The van der Waals surface area contributed by atoms with Crippen molar-refractivity contribution in [1.82, 2.24) is 10.9 Å². The zero-order valence-corrected chi connectivity index (χ0v) is 17.2. The number of carbonyl (C=O) groups excluding carboxylic acids is 2. The van der Waals surface area contributed by atoms with Crippen molar-refractivity contribution in [3.05, 3.63) is 0 Å². The van der Waals surface area contributed by atoms with E-state index in [1.54, 1.807) is 14.0 Å². The largest absolute Gasteiger partial charge is 0.457 e. The number of carbonyl (C=O) groups is 2. The minimum absolute atomic E-state index is 0.0371. The molecule has 7 nitrogen and oxygen atoms in total. The van der Waals surface area contributed by atoms with E-state index in [4.69, 9.17) is 14.2 Å². The Morgan fingerprint density at radius 1 is 1.19 bits per heavy atom. The van der Waals surface area contributed by atoms with Gasteiger partial charge in [-0.25, -0.2) is 5.43 Å². The van der Waals surface area contributed by atoms with E-state index in [1.165, 1.54) is 0 Å². The smallest absolute Gasteiger partial charge is 0.324 e. The maximum absolute atomic E-state index is 12.6. The number of rotatable bonds is 7. The van der Waals surface area contributed by atoms with Crippen molar-refractivity contribution >= 4 is 11.9 Å². The molecule has 1 aliphatic carbocycles. The molecule has 4 atom stereocenters. The Kier molecular flexibility index (Phi) is 8.99. The van der Waals surface area contributed by atoms with Crippen LogP contribution in [-0.4, -0.2) is 49.9 Å². The molecule has 0 aromatic carbocycles. The van der Waals surface area contributed by atoms with Crippen LogP contribution in [0.2, 0.25) is 0 Å². The molecule has 7 heteroatoms. The van der Waals surface area contributed by atoms with E-state index >= 15 is 0 Å². The number of hydrogen-bond donors (Lipinski definition) is 2. The maximum Gasteiger partial charge on any atom is 0.324 e. The molecule has 1 saturated carbocycles. The van der Waals surface area contributed by atoms with Crippen molar-refractivity contribution in [3.63, 3.8) is 0 Å². The highest BCUT2D eigenvalue weighted by Gasteiger charge is 2.38. The van der Waals surface area contributed by atoms with Crippen LogP contribution in [0.15, 0.2) is 0 Å². The summed E-state index contributed by atoms with van der Waals surface area (Å²) >= 11 is 0. The zero-order valence-electron chi connectivity index (χ0n) is 17.2. The quantitative estimate of drug-likeness (QED) is 0.515. The first-order valence-electron chi connectivity index (χ1n) is 10.4. The van der Waals surface area contributed by atoms with Crippen LogP contribution in [-0.2, 0) is 23.8 Å². The minimum Gasteiger partial charge on any atom is -0.457 e. The Balaban J connectivity index is 2.12. The molecule has 2 rings (SSSR count). The summed E-state index contributed by atoms with van der Waals surface area (Å²) < 4.78 is 17.6. The van der Waals surface area contributed by atoms with Crippen molar-refractivity contribution < 1.29 is 23.8 Å². The van der Waals surface area contributed by atoms with Gasteiger partial charge in [-0.15, -0.1) is 0 Å². The predicted molar refractivity (Wildman–Crippen MR) is 102 cm³/mol. The van der Waals surface area contributed by atoms with Crippen molar-refractivity contribution in [2.75, 3.05) is 13.7 Å². The van der Waals surface area contributed by atoms with E-state index in [-0.39, 0.29) is 24.0 Å². The van der Waals surface area contributed by atoms with E-state index in [0.29, 0.717) is 18.9 Å². The summed E-state index contributed by atoms with van der Waals surface area (Å²) in [4.78, 5) is 25.1. The highest BCUT2D eigenvalue weighted by molar-refractivity contribution is 5.76. The summed E-state index contributed by atoms with van der Waals surface area (Å²) in [5.41, 5.74) is 5.76. The molecule has 0 radical (unpaired) electrons. The molecular weight excluding hydrogens is 348 g/mol. The average molecular weight is 385 g/mol. The van der Waals surface area contributed by atoms with Gasteiger partial charge in [0.05, 0.1) is 12.0 Å². The van der Waals surface area contributed by atoms with E-state index < -0.39 is 18.2 Å². The average Bonchev–Trinajstić information content (AvgIpc) is 3.16. The second kappa shape index (κ2) is 11.0.